The summed E-state index contributed by atoms with van der Waals surface area (Å²) in [6.07, 6.45) is 6.31. The van der Waals surface area contributed by atoms with Crippen molar-refractivity contribution in [2.75, 3.05) is 24.8 Å². The molecule has 4 aromatic heterocycles. The third-order valence-electron chi connectivity index (χ3n) is 4.51. The zero-order valence-electron chi connectivity index (χ0n) is 16.4. The fourth-order valence-corrected chi connectivity index (χ4v) is 3.03. The highest BCUT2D eigenvalue weighted by molar-refractivity contribution is 5.99. The number of amides is 1. The van der Waals surface area contributed by atoms with Gasteiger partial charge < -0.3 is 20.4 Å². The Balaban J connectivity index is 1.81. The molecule has 0 saturated carbocycles. The van der Waals surface area contributed by atoms with Crippen LogP contribution in [0.1, 0.15) is 0 Å². The minimum absolute atomic E-state index is 0.354. The highest BCUT2D eigenvalue weighted by Crippen LogP contribution is 2.32. The van der Waals surface area contributed by atoms with E-state index in [1.54, 1.807) is 25.4 Å². The van der Waals surface area contributed by atoms with E-state index in [2.05, 4.69) is 42.1 Å². The molecule has 1 amide bonds. The van der Waals surface area contributed by atoms with Crippen molar-refractivity contribution in [1.29, 1.82) is 0 Å². The fraction of sp³-hybridized carbons (Fsp3) is 0.0952. The van der Waals surface area contributed by atoms with Gasteiger partial charge in [-0.2, -0.15) is 4.98 Å². The lowest BCUT2D eigenvalue weighted by Gasteiger charge is -2.09. The molecule has 30 heavy (non-hydrogen) atoms. The highest BCUT2D eigenvalue weighted by Gasteiger charge is 2.13. The van der Waals surface area contributed by atoms with E-state index in [1.807, 2.05) is 18.3 Å². The average molecular weight is 401 g/mol. The van der Waals surface area contributed by atoms with Crippen LogP contribution >= 0.6 is 0 Å². The largest absolute Gasteiger partial charge is 0.481 e. The van der Waals surface area contributed by atoms with Crippen LogP contribution in [0.4, 0.5) is 11.6 Å². The Bertz CT molecular complexity index is 1250. The maximum Gasteiger partial charge on any atom is 0.248 e. The molecule has 3 N–H and O–H groups in total. The van der Waals surface area contributed by atoms with Gasteiger partial charge in [-0.3, -0.25) is 4.79 Å². The minimum Gasteiger partial charge on any atom is -0.481 e. The lowest BCUT2D eigenvalue weighted by atomic mass is 10.1. The van der Waals surface area contributed by atoms with Crippen molar-refractivity contribution in [1.82, 2.24) is 24.9 Å². The van der Waals surface area contributed by atoms with Crippen molar-refractivity contribution in [3.05, 3.63) is 55.6 Å². The number of hydrogen-bond acceptors (Lipinski definition) is 7. The SMILES string of the molecule is C=CC(=O)Nc1cc(-c2cnc3[nH]cc(-c4cc(NC)ncn4)c3c2)cc(OC)n1. The molecule has 0 radical (unpaired) electrons. The van der Waals surface area contributed by atoms with E-state index in [0.29, 0.717) is 11.7 Å². The Labute approximate surface area is 172 Å². The first kappa shape index (κ1) is 19.1. The molecule has 4 rings (SSSR count). The first-order valence-electron chi connectivity index (χ1n) is 9.08. The standard InChI is InChI=1S/C21H19N7O2/c1-4-19(29)27-18-6-12(7-20(28-18)30-3)13-5-14-15(10-24-21(14)23-9-13)16-8-17(22-2)26-11-25-16/h4-11H,1H2,2-3H3,(H,23,24)(H,22,25,26)(H,27,28,29). The summed E-state index contributed by atoms with van der Waals surface area (Å²) in [7, 11) is 3.33. The van der Waals surface area contributed by atoms with E-state index in [4.69, 9.17) is 4.74 Å². The monoisotopic (exact) mass is 401 g/mol. The quantitative estimate of drug-likeness (QED) is 0.424. The summed E-state index contributed by atoms with van der Waals surface area (Å²) in [5.41, 5.74) is 4.03. The average Bonchev–Trinajstić information content (AvgIpc) is 3.22. The number of H-pyrrole nitrogens is 1. The second kappa shape index (κ2) is 8.00. The van der Waals surface area contributed by atoms with E-state index in [-0.39, 0.29) is 5.91 Å². The van der Waals surface area contributed by atoms with E-state index in [0.717, 1.165) is 39.2 Å². The van der Waals surface area contributed by atoms with Crippen molar-refractivity contribution >= 4 is 28.6 Å². The summed E-state index contributed by atoms with van der Waals surface area (Å²) in [4.78, 5) is 32.2. The molecule has 0 unspecified atom stereocenters. The molecule has 0 spiro atoms. The van der Waals surface area contributed by atoms with Crippen LogP contribution in [0.5, 0.6) is 5.88 Å². The molecule has 0 fully saturated rings. The van der Waals surface area contributed by atoms with Crippen molar-refractivity contribution in [3.8, 4) is 28.3 Å². The molecule has 9 nitrogen and oxygen atoms in total. The molecular formula is C21H19N7O2. The van der Waals surface area contributed by atoms with Gasteiger partial charge in [-0.25, -0.2) is 15.0 Å². The van der Waals surface area contributed by atoms with Crippen LogP contribution < -0.4 is 15.4 Å². The van der Waals surface area contributed by atoms with Gasteiger partial charge in [-0.15, -0.1) is 0 Å². The Morgan fingerprint density at radius 2 is 2.00 bits per heavy atom. The smallest absolute Gasteiger partial charge is 0.248 e. The molecule has 4 aromatic rings. The van der Waals surface area contributed by atoms with Gasteiger partial charge in [-0.05, 0) is 23.8 Å². The zero-order chi connectivity index (χ0) is 21.1. The Hall–Kier alpha value is -4.27. The molecule has 0 aliphatic rings. The maximum absolute atomic E-state index is 11.7. The maximum atomic E-state index is 11.7. The number of fused-ring (bicyclic) bond motifs is 1. The molecule has 0 aliphatic heterocycles. The van der Waals surface area contributed by atoms with Crippen LogP contribution in [0.2, 0.25) is 0 Å². The van der Waals surface area contributed by atoms with Crippen LogP contribution in [0.25, 0.3) is 33.4 Å². The topological polar surface area (TPSA) is 118 Å². The normalized spacial score (nSPS) is 10.6. The number of aromatic nitrogens is 5. The molecule has 0 bridgehead atoms. The van der Waals surface area contributed by atoms with Gasteiger partial charge in [0.15, 0.2) is 0 Å². The van der Waals surface area contributed by atoms with Gasteiger partial charge in [0.25, 0.3) is 0 Å². The number of anilines is 2. The Kier molecular flexibility index (Phi) is 5.08. The predicted molar refractivity (Wildman–Crippen MR) is 115 cm³/mol. The van der Waals surface area contributed by atoms with E-state index in [9.17, 15) is 4.79 Å². The number of carbonyl (C=O) groups is 1. The number of methoxy groups -OCH3 is 1. The Morgan fingerprint density at radius 3 is 2.77 bits per heavy atom. The fourth-order valence-electron chi connectivity index (χ4n) is 3.03. The first-order chi connectivity index (χ1) is 14.6. The molecule has 0 saturated heterocycles. The van der Waals surface area contributed by atoms with Crippen LogP contribution in [0.3, 0.4) is 0 Å². The number of pyridine rings is 2. The predicted octanol–water partition coefficient (Wildman–Crippen LogP) is 3.26. The summed E-state index contributed by atoms with van der Waals surface area (Å²) < 4.78 is 5.28. The third-order valence-corrected chi connectivity index (χ3v) is 4.51. The number of ether oxygens (including phenoxy) is 1. The number of rotatable bonds is 6. The summed E-state index contributed by atoms with van der Waals surface area (Å²) in [6, 6.07) is 7.41. The zero-order valence-corrected chi connectivity index (χ0v) is 16.4. The van der Waals surface area contributed by atoms with E-state index < -0.39 is 0 Å². The van der Waals surface area contributed by atoms with Gasteiger partial charge in [0.1, 0.15) is 23.6 Å². The van der Waals surface area contributed by atoms with Gasteiger partial charge in [0, 0.05) is 48.1 Å². The molecule has 0 aromatic carbocycles. The molecular weight excluding hydrogens is 382 g/mol. The van der Waals surface area contributed by atoms with Crippen LogP contribution in [0.15, 0.2) is 55.6 Å². The summed E-state index contributed by atoms with van der Waals surface area (Å²) in [5, 5.41) is 6.58. The van der Waals surface area contributed by atoms with E-state index in [1.165, 1.54) is 19.5 Å². The molecule has 0 aliphatic carbocycles. The van der Waals surface area contributed by atoms with E-state index >= 15 is 0 Å². The molecule has 0 atom stereocenters. The summed E-state index contributed by atoms with van der Waals surface area (Å²) >= 11 is 0. The highest BCUT2D eigenvalue weighted by atomic mass is 16.5. The van der Waals surface area contributed by atoms with Crippen LogP contribution in [-0.2, 0) is 4.79 Å². The van der Waals surface area contributed by atoms with Crippen LogP contribution in [0, 0.1) is 0 Å². The molecule has 150 valence electrons. The van der Waals surface area contributed by atoms with Gasteiger partial charge in [0.2, 0.25) is 11.8 Å². The lowest BCUT2D eigenvalue weighted by molar-refractivity contribution is -0.111. The Morgan fingerprint density at radius 1 is 1.13 bits per heavy atom. The number of hydrogen-bond donors (Lipinski definition) is 3. The number of nitrogens with zero attached hydrogens (tertiary/aromatic N) is 4. The molecule has 4 heterocycles. The van der Waals surface area contributed by atoms with Crippen molar-refractivity contribution in [3.63, 3.8) is 0 Å². The number of aromatic amines is 1. The summed E-state index contributed by atoms with van der Waals surface area (Å²) in [5.74, 6) is 1.10. The van der Waals surface area contributed by atoms with Gasteiger partial charge in [-0.1, -0.05) is 6.58 Å². The second-order valence-electron chi connectivity index (χ2n) is 6.34. The number of nitrogens with one attached hydrogen (secondary N) is 3. The van der Waals surface area contributed by atoms with Crippen molar-refractivity contribution < 1.29 is 9.53 Å². The third kappa shape index (κ3) is 3.68. The lowest BCUT2D eigenvalue weighted by Crippen LogP contribution is -2.09. The number of carbonyl (C=O) groups excluding carboxylic acids is 1. The van der Waals surface area contributed by atoms with Crippen molar-refractivity contribution in [2.24, 2.45) is 0 Å². The van der Waals surface area contributed by atoms with Gasteiger partial charge >= 0.3 is 0 Å². The van der Waals surface area contributed by atoms with Crippen LogP contribution in [-0.4, -0.2) is 45.0 Å². The first-order valence-corrected chi connectivity index (χ1v) is 9.08. The van der Waals surface area contributed by atoms with Gasteiger partial charge in [0.05, 0.1) is 12.8 Å². The molecule has 9 heteroatoms. The summed E-state index contributed by atoms with van der Waals surface area (Å²) in [6.45, 7) is 3.46. The minimum atomic E-state index is -0.354. The van der Waals surface area contributed by atoms with Crippen molar-refractivity contribution in [2.45, 2.75) is 0 Å². The second-order valence-corrected chi connectivity index (χ2v) is 6.34.